The fourth-order valence-corrected chi connectivity index (χ4v) is 9.37. The summed E-state index contributed by atoms with van der Waals surface area (Å²) >= 11 is 0. The predicted molar refractivity (Wildman–Crippen MR) is 167 cm³/mol. The van der Waals surface area contributed by atoms with E-state index < -0.39 is 11.8 Å². The largest absolute Gasteiger partial charge is 0.508 e. The molecule has 8 heteroatoms. The minimum atomic E-state index is -0.990. The Kier molecular flexibility index (Phi) is 12.2. The number of hydrogen-bond donors (Lipinski definition) is 3. The van der Waals surface area contributed by atoms with Gasteiger partial charge in [-0.2, -0.15) is 0 Å². The Morgan fingerprint density at radius 1 is 1.02 bits per heavy atom. The van der Waals surface area contributed by atoms with E-state index in [2.05, 4.69) is 52.0 Å². The summed E-state index contributed by atoms with van der Waals surface area (Å²) in [4.78, 5) is 12.4. The lowest BCUT2D eigenvalue weighted by Crippen LogP contribution is -2.61. The van der Waals surface area contributed by atoms with Gasteiger partial charge in [0, 0.05) is 31.1 Å². The van der Waals surface area contributed by atoms with Crippen LogP contribution in [0.4, 0.5) is 4.79 Å². The molecule has 0 spiro atoms. The van der Waals surface area contributed by atoms with Crippen molar-refractivity contribution in [2.45, 2.75) is 110 Å². The molecule has 0 aliphatic heterocycles. The third-order valence-electron chi connectivity index (χ3n) is 11.8. The summed E-state index contributed by atoms with van der Waals surface area (Å²) in [5.74, 6) is 2.73. The monoisotopic (exact) mass is 605 g/mol. The summed E-state index contributed by atoms with van der Waals surface area (Å²) in [6.07, 6.45) is 17.6. The third-order valence-corrected chi connectivity index (χ3v) is 11.8. The normalized spacial score (nSPS) is 38.3. The lowest BCUT2D eigenvalue weighted by atomic mass is 9.45. The number of fused-ring (bicyclic) bond motifs is 5. The molecule has 0 amide bonds. The van der Waals surface area contributed by atoms with Crippen molar-refractivity contribution in [2.24, 2.45) is 46.2 Å². The molecule has 3 saturated carbocycles. The first-order chi connectivity index (χ1) is 20.6. The third kappa shape index (κ3) is 7.69. The van der Waals surface area contributed by atoms with E-state index in [4.69, 9.17) is 29.8 Å². The molecule has 43 heavy (non-hydrogen) atoms. The van der Waals surface area contributed by atoms with Crippen LogP contribution in [0.5, 0.6) is 0 Å². The van der Waals surface area contributed by atoms with Crippen molar-refractivity contribution >= 4 is 6.16 Å². The fraction of sp³-hybridized carbons (Fsp3) is 0.857. The standard InChI is InChI=1S/C35H59NO7/c1-5-7-26(36)9-8-25(2)29-10-11-30-28-13-17-35(39)24-27(12-16-34(35,4)31(28)14-15-33(29,30)3)43-32(38)42-23-22-41-20-6-19-40-21-18-37/h8-9,13,17,25-31,37,39H,5-7,10-12,14-16,18-24,36H2,1-4H3/b9-8+/t25-,26-,27+,28?,29-,30+,31+,33-,34-,35-/m1/s1. The SMILES string of the molecule is CCC[C@@H](N)/C=C/[C@@H](C)[C@H]1CC[C@H]2C3C=C[C@@]4(O)C[C@@H](OC(=O)OCCOCCCOCCO)CC[C@]4(C)[C@H]3CC[C@]12C. The highest BCUT2D eigenvalue weighted by atomic mass is 16.7. The minimum Gasteiger partial charge on any atom is -0.432 e. The van der Waals surface area contributed by atoms with Gasteiger partial charge in [0.25, 0.3) is 0 Å². The van der Waals surface area contributed by atoms with Gasteiger partial charge in [0.05, 0.1) is 25.4 Å². The molecule has 8 nitrogen and oxygen atoms in total. The van der Waals surface area contributed by atoms with E-state index >= 15 is 0 Å². The molecule has 246 valence electrons. The first-order valence-corrected chi connectivity index (χ1v) is 17.0. The Hall–Kier alpha value is -1.45. The van der Waals surface area contributed by atoms with Gasteiger partial charge >= 0.3 is 6.16 Å². The molecule has 4 aliphatic carbocycles. The van der Waals surface area contributed by atoms with Crippen molar-refractivity contribution in [1.29, 1.82) is 0 Å². The van der Waals surface area contributed by atoms with Crippen LogP contribution >= 0.6 is 0 Å². The molecule has 0 saturated heterocycles. The van der Waals surface area contributed by atoms with Crippen LogP contribution in [0.3, 0.4) is 0 Å². The molecule has 10 atom stereocenters. The number of carbonyl (C=O) groups excluding carboxylic acids is 1. The number of ether oxygens (including phenoxy) is 4. The highest BCUT2D eigenvalue weighted by Crippen LogP contribution is 2.67. The second kappa shape index (κ2) is 15.2. The van der Waals surface area contributed by atoms with Crippen LogP contribution in [0.25, 0.3) is 0 Å². The molecule has 4 N–H and O–H groups in total. The molecule has 0 heterocycles. The number of carbonyl (C=O) groups is 1. The second-order valence-corrected chi connectivity index (χ2v) is 14.3. The van der Waals surface area contributed by atoms with Gasteiger partial charge < -0.3 is 34.9 Å². The zero-order valence-electron chi connectivity index (χ0n) is 27.2. The smallest absolute Gasteiger partial charge is 0.432 e. The van der Waals surface area contributed by atoms with Crippen LogP contribution in [0.1, 0.15) is 91.9 Å². The lowest BCUT2D eigenvalue weighted by Gasteiger charge is -2.61. The van der Waals surface area contributed by atoms with E-state index in [9.17, 15) is 9.90 Å². The summed E-state index contributed by atoms with van der Waals surface area (Å²) in [6, 6.07) is 0.154. The van der Waals surface area contributed by atoms with Crippen LogP contribution in [0.15, 0.2) is 24.3 Å². The quantitative estimate of drug-likeness (QED) is 0.122. The Bertz CT molecular complexity index is 956. The second-order valence-electron chi connectivity index (χ2n) is 14.3. The summed E-state index contributed by atoms with van der Waals surface area (Å²) in [6.45, 7) is 11.2. The maximum Gasteiger partial charge on any atom is 0.508 e. The first-order valence-electron chi connectivity index (χ1n) is 17.0. The van der Waals surface area contributed by atoms with Gasteiger partial charge in [0.1, 0.15) is 12.7 Å². The maximum absolute atomic E-state index is 12.4. The topological polar surface area (TPSA) is 120 Å². The summed E-state index contributed by atoms with van der Waals surface area (Å²) in [7, 11) is 0. The van der Waals surface area contributed by atoms with Gasteiger partial charge in [-0.05, 0) is 86.4 Å². The summed E-state index contributed by atoms with van der Waals surface area (Å²) in [5.41, 5.74) is 5.37. The summed E-state index contributed by atoms with van der Waals surface area (Å²) in [5, 5.41) is 20.7. The molecule has 1 unspecified atom stereocenters. The number of aliphatic hydroxyl groups is 2. The Balaban J connectivity index is 1.29. The number of allylic oxidation sites excluding steroid dienone is 2. The summed E-state index contributed by atoms with van der Waals surface area (Å²) < 4.78 is 21.6. The van der Waals surface area contributed by atoms with Gasteiger partial charge in [-0.25, -0.2) is 4.79 Å². The Morgan fingerprint density at radius 2 is 1.79 bits per heavy atom. The Labute approximate surface area is 259 Å². The number of nitrogens with two attached hydrogens (primary N) is 1. The molecule has 3 fully saturated rings. The van der Waals surface area contributed by atoms with Crippen molar-refractivity contribution in [1.82, 2.24) is 0 Å². The van der Waals surface area contributed by atoms with Gasteiger partial charge in [-0.15, -0.1) is 0 Å². The molecule has 0 bridgehead atoms. The number of hydrogen-bond acceptors (Lipinski definition) is 8. The fourth-order valence-electron chi connectivity index (χ4n) is 9.37. The number of aliphatic hydroxyl groups excluding tert-OH is 1. The molecule has 0 aromatic heterocycles. The molecule has 0 aromatic rings. The van der Waals surface area contributed by atoms with Gasteiger partial charge in [-0.3, -0.25) is 0 Å². The van der Waals surface area contributed by atoms with Gasteiger partial charge in [0.2, 0.25) is 0 Å². The van der Waals surface area contributed by atoms with Crippen LogP contribution in [-0.2, 0) is 18.9 Å². The van der Waals surface area contributed by atoms with Crippen molar-refractivity contribution < 1.29 is 34.0 Å². The zero-order valence-corrected chi connectivity index (χ0v) is 27.2. The van der Waals surface area contributed by atoms with E-state index in [1.807, 2.05) is 0 Å². The molecule has 0 radical (unpaired) electrons. The predicted octanol–water partition coefficient (Wildman–Crippen LogP) is 5.79. The average molecular weight is 606 g/mol. The van der Waals surface area contributed by atoms with Crippen molar-refractivity contribution in [2.75, 3.05) is 39.6 Å². The highest BCUT2D eigenvalue weighted by Gasteiger charge is 2.63. The van der Waals surface area contributed by atoms with Crippen LogP contribution in [-0.4, -0.2) is 73.8 Å². The van der Waals surface area contributed by atoms with Crippen LogP contribution in [0, 0.1) is 40.4 Å². The maximum atomic E-state index is 12.4. The van der Waals surface area contributed by atoms with Gasteiger partial charge in [0.15, 0.2) is 0 Å². The lowest BCUT2D eigenvalue weighted by molar-refractivity contribution is -0.170. The van der Waals surface area contributed by atoms with E-state index in [-0.39, 0.29) is 37.4 Å². The van der Waals surface area contributed by atoms with E-state index in [1.54, 1.807) is 0 Å². The molecule has 0 aromatic carbocycles. The zero-order chi connectivity index (χ0) is 31.1. The van der Waals surface area contributed by atoms with Crippen LogP contribution < -0.4 is 5.73 Å². The van der Waals surface area contributed by atoms with Gasteiger partial charge in [-0.1, -0.05) is 58.4 Å². The molecular weight excluding hydrogens is 546 g/mol. The Morgan fingerprint density at radius 3 is 2.53 bits per heavy atom. The number of rotatable bonds is 15. The van der Waals surface area contributed by atoms with Crippen molar-refractivity contribution in [3.05, 3.63) is 24.3 Å². The minimum absolute atomic E-state index is 0.0135. The molecule has 4 rings (SSSR count). The first kappa shape index (κ1) is 34.4. The highest BCUT2D eigenvalue weighted by molar-refractivity contribution is 5.60. The van der Waals surface area contributed by atoms with Crippen LogP contribution in [0.2, 0.25) is 0 Å². The molecular formula is C35H59NO7. The van der Waals surface area contributed by atoms with Crippen molar-refractivity contribution in [3.8, 4) is 0 Å². The van der Waals surface area contributed by atoms with E-state index in [0.29, 0.717) is 67.7 Å². The average Bonchev–Trinajstić information content (AvgIpc) is 3.33. The van der Waals surface area contributed by atoms with Crippen molar-refractivity contribution in [3.63, 3.8) is 0 Å². The van der Waals surface area contributed by atoms with E-state index in [0.717, 1.165) is 32.1 Å². The van der Waals surface area contributed by atoms with E-state index in [1.165, 1.54) is 19.3 Å². The molecule has 4 aliphatic rings.